The molecule has 0 bridgehead atoms. The van der Waals surface area contributed by atoms with Gasteiger partial charge in [-0.25, -0.2) is 13.1 Å². The van der Waals surface area contributed by atoms with Crippen molar-refractivity contribution in [1.82, 2.24) is 14.1 Å². The summed E-state index contributed by atoms with van der Waals surface area (Å²) in [5.41, 5.74) is 1.65. The molecule has 0 radical (unpaired) electrons. The number of hydrogen-bond acceptors (Lipinski definition) is 5. The Balaban J connectivity index is 1.42. The van der Waals surface area contributed by atoms with E-state index in [4.69, 9.17) is 11.6 Å². The maximum atomic E-state index is 12.9. The Labute approximate surface area is 184 Å². The van der Waals surface area contributed by atoms with Gasteiger partial charge in [0.1, 0.15) is 10.0 Å². The highest BCUT2D eigenvalue weighted by Crippen LogP contribution is 2.31. The molecule has 1 saturated heterocycles. The lowest BCUT2D eigenvalue weighted by atomic mass is 9.97. The first-order valence-corrected chi connectivity index (χ1v) is 12.2. The number of amides is 1. The van der Waals surface area contributed by atoms with Crippen LogP contribution in [0.4, 0.5) is 5.82 Å². The quantitative estimate of drug-likeness (QED) is 0.619. The summed E-state index contributed by atoms with van der Waals surface area (Å²) in [5, 5.41) is 7.43. The third-order valence-electron chi connectivity index (χ3n) is 5.05. The second-order valence-electron chi connectivity index (χ2n) is 7.14. The van der Waals surface area contributed by atoms with E-state index in [0.717, 1.165) is 22.7 Å². The molecule has 0 spiro atoms. The summed E-state index contributed by atoms with van der Waals surface area (Å²) >= 11 is 6.93. The van der Waals surface area contributed by atoms with Crippen LogP contribution in [0.15, 0.2) is 52.7 Å². The molecule has 4 rings (SSSR count). The van der Waals surface area contributed by atoms with Crippen LogP contribution in [0.25, 0.3) is 5.69 Å². The van der Waals surface area contributed by atoms with Gasteiger partial charge in [-0.3, -0.25) is 4.79 Å². The minimum absolute atomic E-state index is 0.122. The van der Waals surface area contributed by atoms with Crippen LogP contribution in [0, 0.1) is 12.8 Å². The number of aryl methyl sites for hydroxylation is 1. The minimum Gasteiger partial charge on any atom is -0.310 e. The Morgan fingerprint density at radius 1 is 1.17 bits per heavy atom. The Kier molecular flexibility index (Phi) is 5.97. The van der Waals surface area contributed by atoms with Gasteiger partial charge in [0, 0.05) is 25.1 Å². The molecule has 3 heterocycles. The Morgan fingerprint density at radius 2 is 1.87 bits per heavy atom. The molecule has 1 fully saturated rings. The van der Waals surface area contributed by atoms with Crippen molar-refractivity contribution in [3.8, 4) is 5.69 Å². The van der Waals surface area contributed by atoms with Crippen molar-refractivity contribution >= 4 is 44.7 Å². The van der Waals surface area contributed by atoms with Crippen LogP contribution >= 0.6 is 22.9 Å². The molecule has 3 aromatic rings. The topological polar surface area (TPSA) is 84.3 Å². The van der Waals surface area contributed by atoms with E-state index in [9.17, 15) is 13.2 Å². The summed E-state index contributed by atoms with van der Waals surface area (Å²) in [6.45, 7) is 2.47. The van der Waals surface area contributed by atoms with Crippen LogP contribution in [0.5, 0.6) is 0 Å². The number of halogens is 1. The number of carbonyl (C=O) groups excluding carboxylic acids is 1. The molecular weight excluding hydrogens is 444 g/mol. The number of nitrogens with zero attached hydrogens (tertiary/aromatic N) is 3. The van der Waals surface area contributed by atoms with E-state index in [1.54, 1.807) is 10.7 Å². The number of carbonyl (C=O) groups is 1. The van der Waals surface area contributed by atoms with E-state index in [0.29, 0.717) is 36.1 Å². The van der Waals surface area contributed by atoms with Gasteiger partial charge in [-0.1, -0.05) is 29.8 Å². The summed E-state index contributed by atoms with van der Waals surface area (Å²) < 4.78 is 29.3. The van der Waals surface area contributed by atoms with Crippen LogP contribution in [-0.2, 0) is 14.8 Å². The highest BCUT2D eigenvalue weighted by atomic mass is 35.5. The molecule has 1 aromatic carbocycles. The summed E-state index contributed by atoms with van der Waals surface area (Å²) in [5.74, 6) is 0.220. The fourth-order valence-electron chi connectivity index (χ4n) is 3.50. The van der Waals surface area contributed by atoms with Crippen molar-refractivity contribution in [2.24, 2.45) is 5.92 Å². The van der Waals surface area contributed by atoms with Gasteiger partial charge in [-0.2, -0.15) is 9.40 Å². The highest BCUT2D eigenvalue weighted by Gasteiger charge is 2.33. The molecule has 30 heavy (non-hydrogen) atoms. The van der Waals surface area contributed by atoms with E-state index < -0.39 is 10.0 Å². The van der Waals surface area contributed by atoms with Gasteiger partial charge in [0.25, 0.3) is 10.0 Å². The van der Waals surface area contributed by atoms with Gasteiger partial charge < -0.3 is 5.32 Å². The lowest BCUT2D eigenvalue weighted by Gasteiger charge is -2.30. The molecule has 0 atom stereocenters. The number of piperidine rings is 1. The van der Waals surface area contributed by atoms with Gasteiger partial charge in [0.2, 0.25) is 5.91 Å². The monoisotopic (exact) mass is 464 g/mol. The smallest absolute Gasteiger partial charge is 0.252 e. The SMILES string of the molecule is Cc1cc(NC(=O)C2CCN(S(=O)(=O)c3ccc(Cl)s3)CC2)n(-c2ccccc2)n1. The average molecular weight is 465 g/mol. The van der Waals surface area contributed by atoms with Crippen LogP contribution < -0.4 is 5.32 Å². The molecule has 10 heteroatoms. The maximum absolute atomic E-state index is 12.9. The van der Waals surface area contributed by atoms with Gasteiger partial charge >= 0.3 is 0 Å². The fraction of sp³-hybridized carbons (Fsp3) is 0.300. The first kappa shape index (κ1) is 21.0. The zero-order valence-corrected chi connectivity index (χ0v) is 18.7. The number of benzene rings is 1. The maximum Gasteiger partial charge on any atom is 0.252 e. The number of anilines is 1. The van der Waals surface area contributed by atoms with Crippen molar-refractivity contribution in [1.29, 1.82) is 0 Å². The zero-order valence-electron chi connectivity index (χ0n) is 16.3. The lowest BCUT2D eigenvalue weighted by Crippen LogP contribution is -2.41. The minimum atomic E-state index is -3.57. The molecule has 1 N–H and O–H groups in total. The molecule has 1 aliphatic heterocycles. The molecule has 0 aliphatic carbocycles. The van der Waals surface area contributed by atoms with E-state index >= 15 is 0 Å². The second kappa shape index (κ2) is 8.50. The molecule has 1 amide bonds. The van der Waals surface area contributed by atoms with E-state index in [1.807, 2.05) is 43.3 Å². The highest BCUT2D eigenvalue weighted by molar-refractivity contribution is 7.91. The summed E-state index contributed by atoms with van der Waals surface area (Å²) in [7, 11) is -3.57. The third kappa shape index (κ3) is 4.29. The van der Waals surface area contributed by atoms with E-state index in [2.05, 4.69) is 10.4 Å². The number of nitrogens with one attached hydrogen (secondary N) is 1. The third-order valence-corrected chi connectivity index (χ3v) is 8.65. The fourth-order valence-corrected chi connectivity index (χ4v) is 6.61. The van der Waals surface area contributed by atoms with Crippen LogP contribution in [0.1, 0.15) is 18.5 Å². The summed E-state index contributed by atoms with van der Waals surface area (Å²) in [6, 6.07) is 14.5. The van der Waals surface area contributed by atoms with Crippen molar-refractivity contribution in [2.75, 3.05) is 18.4 Å². The Morgan fingerprint density at radius 3 is 2.50 bits per heavy atom. The standard InChI is InChI=1S/C20H21ClN4O3S2/c1-14-13-18(25(23-14)16-5-3-2-4-6-16)22-20(26)15-9-11-24(12-10-15)30(27,28)19-8-7-17(21)29-19/h2-8,13,15H,9-12H2,1H3,(H,22,26). The van der Waals surface area contributed by atoms with Crippen molar-refractivity contribution in [3.63, 3.8) is 0 Å². The van der Waals surface area contributed by atoms with Gasteiger partial charge in [0.05, 0.1) is 15.7 Å². The number of thiophene rings is 1. The zero-order chi connectivity index (χ0) is 21.3. The lowest BCUT2D eigenvalue weighted by molar-refractivity contribution is -0.120. The van der Waals surface area contributed by atoms with Crippen LogP contribution in [0.3, 0.4) is 0 Å². The Hall–Kier alpha value is -2.20. The van der Waals surface area contributed by atoms with E-state index in [1.165, 1.54) is 10.4 Å². The van der Waals surface area contributed by atoms with Gasteiger partial charge in [-0.15, -0.1) is 11.3 Å². The largest absolute Gasteiger partial charge is 0.310 e. The molecular formula is C20H21ClN4O3S2. The Bertz CT molecular complexity index is 1150. The van der Waals surface area contributed by atoms with Crippen molar-refractivity contribution < 1.29 is 13.2 Å². The summed E-state index contributed by atoms with van der Waals surface area (Å²) in [4.78, 5) is 12.9. The van der Waals surface area contributed by atoms with Gasteiger partial charge in [0.15, 0.2) is 0 Å². The number of hydrogen-bond donors (Lipinski definition) is 1. The van der Waals surface area contributed by atoms with Crippen LogP contribution in [0.2, 0.25) is 4.34 Å². The number of sulfonamides is 1. The molecule has 158 valence electrons. The molecule has 0 saturated carbocycles. The number of aromatic nitrogens is 2. The van der Waals surface area contributed by atoms with Crippen LogP contribution in [-0.4, -0.2) is 41.5 Å². The van der Waals surface area contributed by atoms with Crippen molar-refractivity contribution in [2.45, 2.75) is 24.0 Å². The molecule has 2 aromatic heterocycles. The molecule has 1 aliphatic rings. The number of rotatable bonds is 5. The normalized spacial score (nSPS) is 15.9. The summed E-state index contributed by atoms with van der Waals surface area (Å²) in [6.07, 6.45) is 0.922. The first-order chi connectivity index (χ1) is 14.3. The predicted octanol–water partition coefficient (Wildman–Crippen LogP) is 3.94. The molecule has 7 nitrogen and oxygen atoms in total. The van der Waals surface area contributed by atoms with E-state index in [-0.39, 0.29) is 16.0 Å². The predicted molar refractivity (Wildman–Crippen MR) is 118 cm³/mol. The first-order valence-electron chi connectivity index (χ1n) is 9.53. The second-order valence-corrected chi connectivity index (χ2v) is 11.0. The van der Waals surface area contributed by atoms with Crippen molar-refractivity contribution in [3.05, 3.63) is 58.6 Å². The number of para-hydroxylation sites is 1. The average Bonchev–Trinajstić information content (AvgIpc) is 3.34. The van der Waals surface area contributed by atoms with Gasteiger partial charge in [-0.05, 0) is 44.0 Å². The molecule has 0 unspecified atom stereocenters.